The van der Waals surface area contributed by atoms with Crippen LogP contribution in [0.2, 0.25) is 0 Å². The minimum absolute atomic E-state index is 0. The van der Waals surface area contributed by atoms with Crippen molar-refractivity contribution >= 4 is 35.8 Å². The fourth-order valence-electron chi connectivity index (χ4n) is 1.93. The topological polar surface area (TPSA) is 84.3 Å². The van der Waals surface area contributed by atoms with Crippen molar-refractivity contribution in [2.45, 2.75) is 19.5 Å². The number of nitrogens with zero attached hydrogens (tertiary/aromatic N) is 1. The Hall–Kier alpha value is -1.31. The van der Waals surface area contributed by atoms with Gasteiger partial charge in [-0.3, -0.25) is 20.2 Å². The molecule has 1 fully saturated rings. The molecular formula is C12H16ClN3O3S. The SMILES string of the molecule is Cc1c(CNC(=O)C2CSCN2)cccc1[N+](=O)[O-].Cl. The van der Waals surface area contributed by atoms with Crippen molar-refractivity contribution in [1.29, 1.82) is 0 Å². The average molecular weight is 318 g/mol. The summed E-state index contributed by atoms with van der Waals surface area (Å²) in [6, 6.07) is 4.73. The molecule has 2 N–H and O–H groups in total. The Kier molecular flexibility index (Phi) is 6.25. The summed E-state index contributed by atoms with van der Waals surface area (Å²) in [5, 5.41) is 16.7. The van der Waals surface area contributed by atoms with Gasteiger partial charge >= 0.3 is 0 Å². The predicted octanol–water partition coefficient (Wildman–Crippen LogP) is 1.60. The van der Waals surface area contributed by atoms with E-state index in [0.717, 1.165) is 17.2 Å². The van der Waals surface area contributed by atoms with Crippen molar-refractivity contribution in [2.24, 2.45) is 0 Å². The number of carbonyl (C=O) groups excluding carboxylic acids is 1. The molecule has 1 aliphatic rings. The fourth-order valence-corrected chi connectivity index (χ4v) is 2.87. The van der Waals surface area contributed by atoms with Gasteiger partial charge in [0.25, 0.3) is 5.69 Å². The van der Waals surface area contributed by atoms with E-state index in [1.807, 2.05) is 0 Å². The van der Waals surface area contributed by atoms with Crippen LogP contribution in [-0.2, 0) is 11.3 Å². The lowest BCUT2D eigenvalue weighted by Gasteiger charge is -2.11. The van der Waals surface area contributed by atoms with Gasteiger partial charge in [-0.15, -0.1) is 24.2 Å². The summed E-state index contributed by atoms with van der Waals surface area (Å²) in [4.78, 5) is 22.2. The molecule has 1 saturated heterocycles. The number of nitro groups is 1. The van der Waals surface area contributed by atoms with Crippen LogP contribution in [0.25, 0.3) is 0 Å². The molecule has 1 aromatic rings. The first-order valence-corrected chi connectivity index (χ1v) is 7.07. The molecule has 6 nitrogen and oxygen atoms in total. The first kappa shape index (κ1) is 16.7. The zero-order valence-electron chi connectivity index (χ0n) is 10.9. The van der Waals surface area contributed by atoms with E-state index in [1.54, 1.807) is 30.8 Å². The number of thioether (sulfide) groups is 1. The molecule has 1 unspecified atom stereocenters. The fraction of sp³-hybridized carbons (Fsp3) is 0.417. The highest BCUT2D eigenvalue weighted by molar-refractivity contribution is 7.99. The van der Waals surface area contributed by atoms with Gasteiger partial charge in [-0.05, 0) is 12.5 Å². The molecule has 1 heterocycles. The van der Waals surface area contributed by atoms with Crippen LogP contribution in [0.15, 0.2) is 18.2 Å². The lowest BCUT2D eigenvalue weighted by atomic mass is 10.1. The quantitative estimate of drug-likeness (QED) is 0.651. The Morgan fingerprint density at radius 1 is 1.60 bits per heavy atom. The zero-order chi connectivity index (χ0) is 13.8. The maximum Gasteiger partial charge on any atom is 0.272 e. The van der Waals surface area contributed by atoms with Crippen LogP contribution >= 0.6 is 24.2 Å². The van der Waals surface area contributed by atoms with E-state index >= 15 is 0 Å². The maximum absolute atomic E-state index is 11.8. The number of hydrogen-bond donors (Lipinski definition) is 2. The number of nitrogens with one attached hydrogen (secondary N) is 2. The smallest absolute Gasteiger partial charge is 0.272 e. The van der Waals surface area contributed by atoms with Crippen LogP contribution in [0.5, 0.6) is 0 Å². The number of amides is 1. The summed E-state index contributed by atoms with van der Waals surface area (Å²) in [5.41, 5.74) is 1.45. The monoisotopic (exact) mass is 317 g/mol. The van der Waals surface area contributed by atoms with Crippen LogP contribution < -0.4 is 10.6 Å². The molecule has 0 bridgehead atoms. The minimum atomic E-state index is -0.407. The Morgan fingerprint density at radius 3 is 2.95 bits per heavy atom. The van der Waals surface area contributed by atoms with Gasteiger partial charge in [-0.2, -0.15) is 0 Å². The summed E-state index contributed by atoms with van der Waals surface area (Å²) < 4.78 is 0. The van der Waals surface area contributed by atoms with Crippen LogP contribution in [0, 0.1) is 17.0 Å². The van der Waals surface area contributed by atoms with Gasteiger partial charge in [0.15, 0.2) is 0 Å². The summed E-state index contributed by atoms with van der Waals surface area (Å²) in [5.74, 6) is 1.49. The third-order valence-electron chi connectivity index (χ3n) is 3.10. The second-order valence-electron chi connectivity index (χ2n) is 4.31. The van der Waals surface area contributed by atoms with E-state index in [0.29, 0.717) is 12.1 Å². The zero-order valence-corrected chi connectivity index (χ0v) is 12.6. The van der Waals surface area contributed by atoms with Gasteiger partial charge < -0.3 is 5.32 Å². The van der Waals surface area contributed by atoms with Gasteiger partial charge in [0.05, 0.1) is 11.0 Å². The molecule has 2 rings (SSSR count). The molecule has 0 saturated carbocycles. The number of nitro benzene ring substituents is 1. The summed E-state index contributed by atoms with van der Waals surface area (Å²) in [6.45, 7) is 2.01. The molecular weight excluding hydrogens is 302 g/mol. The highest BCUT2D eigenvalue weighted by atomic mass is 35.5. The number of hydrogen-bond acceptors (Lipinski definition) is 5. The molecule has 0 spiro atoms. The molecule has 20 heavy (non-hydrogen) atoms. The van der Waals surface area contributed by atoms with E-state index in [-0.39, 0.29) is 30.0 Å². The van der Waals surface area contributed by atoms with E-state index in [4.69, 9.17) is 0 Å². The molecule has 1 amide bonds. The molecule has 1 aromatic carbocycles. The summed E-state index contributed by atoms with van der Waals surface area (Å²) in [7, 11) is 0. The lowest BCUT2D eigenvalue weighted by Crippen LogP contribution is -2.41. The van der Waals surface area contributed by atoms with Crippen molar-refractivity contribution in [3.05, 3.63) is 39.4 Å². The second-order valence-corrected chi connectivity index (χ2v) is 5.34. The average Bonchev–Trinajstić information content (AvgIpc) is 2.90. The number of rotatable bonds is 4. The lowest BCUT2D eigenvalue weighted by molar-refractivity contribution is -0.385. The first-order chi connectivity index (χ1) is 9.09. The molecule has 1 aliphatic heterocycles. The number of carbonyl (C=O) groups is 1. The van der Waals surface area contributed by atoms with Crippen LogP contribution in [0.1, 0.15) is 11.1 Å². The molecule has 0 aromatic heterocycles. The Morgan fingerprint density at radius 2 is 2.35 bits per heavy atom. The highest BCUT2D eigenvalue weighted by Gasteiger charge is 2.22. The normalized spacial score (nSPS) is 17.4. The predicted molar refractivity (Wildman–Crippen MR) is 81.2 cm³/mol. The van der Waals surface area contributed by atoms with E-state index in [9.17, 15) is 14.9 Å². The van der Waals surface area contributed by atoms with Crippen LogP contribution in [0.3, 0.4) is 0 Å². The van der Waals surface area contributed by atoms with Crippen molar-refractivity contribution in [2.75, 3.05) is 11.6 Å². The van der Waals surface area contributed by atoms with Crippen molar-refractivity contribution in [3.8, 4) is 0 Å². The standard InChI is InChI=1S/C12H15N3O3S.ClH/c1-8-9(3-2-4-11(8)15(17)18)5-13-12(16)10-6-19-7-14-10;/h2-4,10,14H,5-7H2,1H3,(H,13,16);1H. The maximum atomic E-state index is 11.8. The highest BCUT2D eigenvalue weighted by Crippen LogP contribution is 2.21. The Bertz CT molecular complexity index is 507. The molecule has 8 heteroatoms. The molecule has 0 aliphatic carbocycles. The minimum Gasteiger partial charge on any atom is -0.351 e. The van der Waals surface area contributed by atoms with Crippen molar-refractivity contribution in [3.63, 3.8) is 0 Å². The summed E-state index contributed by atoms with van der Waals surface area (Å²) >= 11 is 1.68. The Labute approximate surface area is 127 Å². The number of halogens is 1. The third-order valence-corrected chi connectivity index (χ3v) is 4.04. The van der Waals surface area contributed by atoms with Crippen LogP contribution in [-0.4, -0.2) is 28.5 Å². The van der Waals surface area contributed by atoms with Crippen molar-refractivity contribution < 1.29 is 9.72 Å². The van der Waals surface area contributed by atoms with Gasteiger partial charge in [0.1, 0.15) is 0 Å². The van der Waals surface area contributed by atoms with Gasteiger partial charge in [0, 0.05) is 29.8 Å². The van der Waals surface area contributed by atoms with Gasteiger partial charge in [-0.25, -0.2) is 0 Å². The molecule has 1 atom stereocenters. The summed E-state index contributed by atoms with van der Waals surface area (Å²) in [6.07, 6.45) is 0. The van der Waals surface area contributed by atoms with Gasteiger partial charge in [0.2, 0.25) is 5.91 Å². The van der Waals surface area contributed by atoms with E-state index < -0.39 is 4.92 Å². The molecule has 110 valence electrons. The van der Waals surface area contributed by atoms with E-state index in [2.05, 4.69) is 10.6 Å². The first-order valence-electron chi connectivity index (χ1n) is 5.91. The largest absolute Gasteiger partial charge is 0.351 e. The van der Waals surface area contributed by atoms with Gasteiger partial charge in [-0.1, -0.05) is 12.1 Å². The number of benzene rings is 1. The third kappa shape index (κ3) is 3.84. The Balaban J connectivity index is 0.00000200. The second kappa shape index (κ2) is 7.47. The van der Waals surface area contributed by atoms with Crippen molar-refractivity contribution in [1.82, 2.24) is 10.6 Å². The van der Waals surface area contributed by atoms with Crippen LogP contribution in [0.4, 0.5) is 5.69 Å². The molecule has 0 radical (unpaired) electrons. The van der Waals surface area contributed by atoms with E-state index in [1.165, 1.54) is 6.07 Å².